The van der Waals surface area contributed by atoms with E-state index < -0.39 is 12.3 Å². The SMILES string of the molecule is C#CCOC(=O)NC(N)c1ccccc1. The van der Waals surface area contributed by atoms with E-state index in [1.54, 1.807) is 0 Å². The summed E-state index contributed by atoms with van der Waals surface area (Å²) in [6, 6.07) is 9.17. The van der Waals surface area contributed by atoms with Gasteiger partial charge in [-0.2, -0.15) is 0 Å². The maximum Gasteiger partial charge on any atom is 0.409 e. The van der Waals surface area contributed by atoms with E-state index in [1.807, 2.05) is 30.3 Å². The van der Waals surface area contributed by atoms with Gasteiger partial charge in [-0.3, -0.25) is 0 Å². The second-order valence-corrected chi connectivity index (χ2v) is 2.81. The number of hydrogen-bond donors (Lipinski definition) is 2. The molecule has 0 aromatic heterocycles. The molecule has 1 rings (SSSR count). The van der Waals surface area contributed by atoms with Gasteiger partial charge in [-0.05, 0) is 5.56 Å². The number of alkyl carbamates (subject to hydrolysis) is 1. The monoisotopic (exact) mass is 204 g/mol. The quantitative estimate of drug-likeness (QED) is 0.570. The van der Waals surface area contributed by atoms with E-state index in [0.717, 1.165) is 5.56 Å². The maximum absolute atomic E-state index is 11.1. The topological polar surface area (TPSA) is 64.3 Å². The molecule has 0 bridgehead atoms. The molecule has 78 valence electrons. The van der Waals surface area contributed by atoms with Gasteiger partial charge in [0.15, 0.2) is 6.61 Å². The van der Waals surface area contributed by atoms with E-state index in [4.69, 9.17) is 12.2 Å². The molecule has 4 nitrogen and oxygen atoms in total. The number of amides is 1. The van der Waals surface area contributed by atoms with E-state index in [2.05, 4.69) is 16.0 Å². The van der Waals surface area contributed by atoms with Crippen molar-refractivity contribution >= 4 is 6.09 Å². The number of terminal acetylenes is 1. The molecule has 0 aliphatic rings. The average molecular weight is 204 g/mol. The van der Waals surface area contributed by atoms with Crippen LogP contribution >= 0.6 is 0 Å². The van der Waals surface area contributed by atoms with Gasteiger partial charge in [-0.15, -0.1) is 6.42 Å². The number of carbonyl (C=O) groups excluding carboxylic acids is 1. The van der Waals surface area contributed by atoms with Crippen molar-refractivity contribution in [1.82, 2.24) is 5.32 Å². The minimum absolute atomic E-state index is 0.0622. The molecule has 0 spiro atoms. The fraction of sp³-hybridized carbons (Fsp3) is 0.182. The Labute approximate surface area is 88.4 Å². The maximum atomic E-state index is 11.1. The summed E-state index contributed by atoms with van der Waals surface area (Å²) in [7, 11) is 0. The van der Waals surface area contributed by atoms with Gasteiger partial charge >= 0.3 is 6.09 Å². The average Bonchev–Trinajstić information content (AvgIpc) is 2.27. The molecule has 0 aliphatic carbocycles. The van der Waals surface area contributed by atoms with Crippen LogP contribution in [0.2, 0.25) is 0 Å². The lowest BCUT2D eigenvalue weighted by atomic mass is 10.2. The van der Waals surface area contributed by atoms with Crippen LogP contribution < -0.4 is 11.1 Å². The first-order valence-electron chi connectivity index (χ1n) is 4.41. The highest BCUT2D eigenvalue weighted by Crippen LogP contribution is 2.05. The fourth-order valence-corrected chi connectivity index (χ4v) is 1.02. The van der Waals surface area contributed by atoms with Crippen LogP contribution in [-0.2, 0) is 4.74 Å². The lowest BCUT2D eigenvalue weighted by Crippen LogP contribution is -2.34. The van der Waals surface area contributed by atoms with Crippen molar-refractivity contribution in [2.45, 2.75) is 6.17 Å². The van der Waals surface area contributed by atoms with Crippen LogP contribution in [0.1, 0.15) is 11.7 Å². The Balaban J connectivity index is 2.46. The van der Waals surface area contributed by atoms with Gasteiger partial charge in [0, 0.05) is 0 Å². The zero-order valence-electron chi connectivity index (χ0n) is 8.14. The Morgan fingerprint density at radius 1 is 1.53 bits per heavy atom. The van der Waals surface area contributed by atoms with Crippen LogP contribution in [0.15, 0.2) is 30.3 Å². The van der Waals surface area contributed by atoms with Gasteiger partial charge in [0.1, 0.15) is 6.17 Å². The molecular formula is C11H12N2O2. The molecular weight excluding hydrogens is 192 g/mol. The molecule has 3 N–H and O–H groups in total. The zero-order valence-corrected chi connectivity index (χ0v) is 8.14. The molecule has 4 heteroatoms. The molecule has 0 radical (unpaired) electrons. The lowest BCUT2D eigenvalue weighted by molar-refractivity contribution is 0.156. The number of hydrogen-bond acceptors (Lipinski definition) is 3. The van der Waals surface area contributed by atoms with Crippen molar-refractivity contribution in [3.63, 3.8) is 0 Å². The number of carbonyl (C=O) groups is 1. The number of ether oxygens (including phenoxy) is 1. The van der Waals surface area contributed by atoms with E-state index in [0.29, 0.717) is 0 Å². The minimum Gasteiger partial charge on any atom is -0.436 e. The first kappa shape index (κ1) is 11.1. The zero-order chi connectivity index (χ0) is 11.1. The van der Waals surface area contributed by atoms with Gasteiger partial charge in [-0.1, -0.05) is 36.3 Å². The Kier molecular flexibility index (Phi) is 4.20. The molecule has 1 unspecified atom stereocenters. The van der Waals surface area contributed by atoms with Crippen molar-refractivity contribution < 1.29 is 9.53 Å². The summed E-state index contributed by atoms with van der Waals surface area (Å²) in [5, 5.41) is 2.45. The molecule has 0 aliphatic heterocycles. The van der Waals surface area contributed by atoms with Crippen LogP contribution in [0.3, 0.4) is 0 Å². The summed E-state index contributed by atoms with van der Waals surface area (Å²) >= 11 is 0. The van der Waals surface area contributed by atoms with Crippen LogP contribution in [0.4, 0.5) is 4.79 Å². The van der Waals surface area contributed by atoms with Gasteiger partial charge in [0.25, 0.3) is 0 Å². The fourth-order valence-electron chi connectivity index (χ4n) is 1.02. The molecule has 1 amide bonds. The summed E-state index contributed by atoms with van der Waals surface area (Å²) in [6.45, 7) is -0.0622. The van der Waals surface area contributed by atoms with Crippen LogP contribution in [-0.4, -0.2) is 12.7 Å². The normalized spacial score (nSPS) is 11.2. The Morgan fingerprint density at radius 2 is 2.20 bits per heavy atom. The minimum atomic E-state index is -0.621. The molecule has 1 aromatic carbocycles. The number of nitrogens with one attached hydrogen (secondary N) is 1. The Hall–Kier alpha value is -1.99. The van der Waals surface area contributed by atoms with Crippen LogP contribution in [0, 0.1) is 12.3 Å². The molecule has 0 heterocycles. The van der Waals surface area contributed by atoms with Crippen molar-refractivity contribution in [3.05, 3.63) is 35.9 Å². The van der Waals surface area contributed by atoms with Crippen LogP contribution in [0.5, 0.6) is 0 Å². The largest absolute Gasteiger partial charge is 0.436 e. The number of nitrogens with two attached hydrogens (primary N) is 1. The third-order valence-electron chi connectivity index (χ3n) is 1.72. The predicted octanol–water partition coefficient (Wildman–Crippen LogP) is 1.00. The first-order chi connectivity index (χ1) is 7.24. The number of benzene rings is 1. The van der Waals surface area contributed by atoms with Crippen molar-refractivity contribution in [2.24, 2.45) is 5.73 Å². The lowest BCUT2D eigenvalue weighted by Gasteiger charge is -2.13. The van der Waals surface area contributed by atoms with Gasteiger partial charge in [0.05, 0.1) is 0 Å². The van der Waals surface area contributed by atoms with Crippen LogP contribution in [0.25, 0.3) is 0 Å². The molecule has 0 saturated carbocycles. The number of rotatable bonds is 3. The first-order valence-corrected chi connectivity index (χ1v) is 4.41. The van der Waals surface area contributed by atoms with Gasteiger partial charge in [-0.25, -0.2) is 4.79 Å². The smallest absolute Gasteiger partial charge is 0.409 e. The van der Waals surface area contributed by atoms with Gasteiger partial charge < -0.3 is 15.8 Å². The van der Waals surface area contributed by atoms with E-state index >= 15 is 0 Å². The summed E-state index contributed by atoms with van der Waals surface area (Å²) in [4.78, 5) is 11.1. The second-order valence-electron chi connectivity index (χ2n) is 2.81. The van der Waals surface area contributed by atoms with Gasteiger partial charge in [0.2, 0.25) is 0 Å². The summed E-state index contributed by atoms with van der Waals surface area (Å²) in [5.74, 6) is 2.19. The second kappa shape index (κ2) is 5.68. The molecule has 1 aromatic rings. The molecule has 1 atom stereocenters. The third-order valence-corrected chi connectivity index (χ3v) is 1.72. The van der Waals surface area contributed by atoms with Crippen molar-refractivity contribution in [3.8, 4) is 12.3 Å². The summed E-state index contributed by atoms with van der Waals surface area (Å²) in [6.07, 6.45) is 3.72. The van der Waals surface area contributed by atoms with E-state index in [-0.39, 0.29) is 6.61 Å². The summed E-state index contributed by atoms with van der Waals surface area (Å²) < 4.78 is 4.62. The molecule has 0 saturated heterocycles. The molecule has 15 heavy (non-hydrogen) atoms. The Morgan fingerprint density at radius 3 is 2.80 bits per heavy atom. The highest BCUT2D eigenvalue weighted by Gasteiger charge is 2.09. The standard InChI is InChI=1S/C11H12N2O2/c1-2-8-15-11(14)13-10(12)9-6-4-3-5-7-9/h1,3-7,10H,8,12H2,(H,13,14). The third kappa shape index (κ3) is 3.71. The molecule has 0 fully saturated rings. The van der Waals surface area contributed by atoms with E-state index in [9.17, 15) is 4.79 Å². The highest BCUT2D eigenvalue weighted by molar-refractivity contribution is 5.67. The Bertz CT molecular complexity index is 357. The predicted molar refractivity (Wildman–Crippen MR) is 56.7 cm³/mol. The highest BCUT2D eigenvalue weighted by atomic mass is 16.5. The van der Waals surface area contributed by atoms with E-state index in [1.165, 1.54) is 0 Å². The van der Waals surface area contributed by atoms with Crippen molar-refractivity contribution in [2.75, 3.05) is 6.61 Å². The summed E-state index contributed by atoms with van der Waals surface area (Å²) in [5.41, 5.74) is 6.51. The van der Waals surface area contributed by atoms with Crippen molar-refractivity contribution in [1.29, 1.82) is 0 Å².